The lowest BCUT2D eigenvalue weighted by Gasteiger charge is -2.32. The first kappa shape index (κ1) is 22.3. The number of carbonyl (C=O) groups excluding carboxylic acids is 2. The zero-order valence-corrected chi connectivity index (χ0v) is 19.0. The highest BCUT2D eigenvalue weighted by molar-refractivity contribution is 7.09. The number of nitrogens with one attached hydrogen (secondary N) is 2. The van der Waals surface area contributed by atoms with Crippen molar-refractivity contribution in [3.63, 3.8) is 0 Å². The van der Waals surface area contributed by atoms with Crippen molar-refractivity contribution in [2.45, 2.75) is 64.9 Å². The molecule has 2 N–H and O–H groups in total. The Morgan fingerprint density at radius 3 is 2.70 bits per heavy atom. The third-order valence-electron chi connectivity index (χ3n) is 5.09. The first-order valence-corrected chi connectivity index (χ1v) is 11.3. The quantitative estimate of drug-likeness (QED) is 0.677. The van der Waals surface area contributed by atoms with Gasteiger partial charge in [-0.3, -0.25) is 9.89 Å². The van der Waals surface area contributed by atoms with Gasteiger partial charge in [0, 0.05) is 36.6 Å². The average molecular weight is 434 g/mol. The minimum absolute atomic E-state index is 0.132. The first-order chi connectivity index (χ1) is 14.2. The van der Waals surface area contributed by atoms with Crippen molar-refractivity contribution in [1.29, 1.82) is 0 Å². The van der Waals surface area contributed by atoms with Gasteiger partial charge >= 0.3 is 6.09 Å². The molecule has 1 saturated heterocycles. The standard InChI is InChI=1S/C21H31N5O3S/c1-14-16(12-23-25-14)6-5-9-22-18(27)17-13-30-19(24-17)15-7-10-26(11-8-15)20(28)29-21(2,3)4/h12-13,15H,5-11H2,1-4H3,(H,22,27)(H,23,25). The van der Waals surface area contributed by atoms with E-state index in [0.717, 1.165) is 36.4 Å². The Morgan fingerprint density at radius 1 is 1.33 bits per heavy atom. The smallest absolute Gasteiger partial charge is 0.410 e. The van der Waals surface area contributed by atoms with E-state index in [1.54, 1.807) is 4.90 Å². The third-order valence-corrected chi connectivity index (χ3v) is 6.10. The molecule has 8 nitrogen and oxygen atoms in total. The number of rotatable bonds is 6. The van der Waals surface area contributed by atoms with Gasteiger partial charge in [-0.2, -0.15) is 5.10 Å². The summed E-state index contributed by atoms with van der Waals surface area (Å²) in [5, 5.41) is 12.7. The molecule has 2 aromatic rings. The van der Waals surface area contributed by atoms with E-state index >= 15 is 0 Å². The molecular formula is C21H31N5O3S. The second kappa shape index (κ2) is 9.59. The van der Waals surface area contributed by atoms with E-state index in [1.165, 1.54) is 16.9 Å². The minimum Gasteiger partial charge on any atom is -0.444 e. The lowest BCUT2D eigenvalue weighted by molar-refractivity contribution is 0.0204. The van der Waals surface area contributed by atoms with Crippen LogP contribution in [0.5, 0.6) is 0 Å². The number of carbonyl (C=O) groups is 2. The van der Waals surface area contributed by atoms with E-state index in [2.05, 4.69) is 20.5 Å². The number of thiazole rings is 1. The number of aromatic nitrogens is 3. The van der Waals surface area contributed by atoms with Gasteiger partial charge < -0.3 is 15.0 Å². The molecule has 0 radical (unpaired) electrons. The Morgan fingerprint density at radius 2 is 2.07 bits per heavy atom. The fourth-order valence-corrected chi connectivity index (χ4v) is 4.39. The Kier molecular flexibility index (Phi) is 7.12. The van der Waals surface area contributed by atoms with Gasteiger partial charge in [-0.05, 0) is 58.9 Å². The second-order valence-electron chi connectivity index (χ2n) is 8.69. The van der Waals surface area contributed by atoms with Crippen LogP contribution >= 0.6 is 11.3 Å². The Bertz CT molecular complexity index is 862. The summed E-state index contributed by atoms with van der Waals surface area (Å²) < 4.78 is 5.45. The summed E-state index contributed by atoms with van der Waals surface area (Å²) >= 11 is 1.52. The molecule has 3 rings (SSSR count). The molecule has 2 amide bonds. The van der Waals surface area contributed by atoms with Crippen LogP contribution in [0.15, 0.2) is 11.6 Å². The van der Waals surface area contributed by atoms with Crippen LogP contribution in [0.3, 0.4) is 0 Å². The lowest BCUT2D eigenvalue weighted by Crippen LogP contribution is -2.41. The van der Waals surface area contributed by atoms with Crippen LogP contribution in [0, 0.1) is 6.92 Å². The fraction of sp³-hybridized carbons (Fsp3) is 0.619. The van der Waals surface area contributed by atoms with Gasteiger partial charge in [0.1, 0.15) is 11.3 Å². The predicted molar refractivity (Wildman–Crippen MR) is 116 cm³/mol. The van der Waals surface area contributed by atoms with Gasteiger partial charge in [-0.25, -0.2) is 9.78 Å². The highest BCUT2D eigenvalue weighted by Gasteiger charge is 2.29. The molecule has 164 valence electrons. The Hall–Kier alpha value is -2.42. The number of hydrogen-bond acceptors (Lipinski definition) is 6. The van der Waals surface area contributed by atoms with Crippen molar-refractivity contribution in [3.05, 3.63) is 33.5 Å². The number of piperidine rings is 1. The van der Waals surface area contributed by atoms with Crippen LogP contribution in [0.4, 0.5) is 4.79 Å². The maximum atomic E-state index is 12.4. The number of aromatic amines is 1. The molecule has 1 aliphatic heterocycles. The number of ether oxygens (including phenoxy) is 1. The molecule has 0 aliphatic carbocycles. The van der Waals surface area contributed by atoms with Crippen molar-refractivity contribution < 1.29 is 14.3 Å². The van der Waals surface area contributed by atoms with Crippen LogP contribution in [-0.4, -0.2) is 57.3 Å². The molecule has 0 saturated carbocycles. The number of hydrogen-bond donors (Lipinski definition) is 2. The highest BCUT2D eigenvalue weighted by atomic mass is 32.1. The van der Waals surface area contributed by atoms with Crippen LogP contribution in [0.25, 0.3) is 0 Å². The number of likely N-dealkylation sites (tertiary alicyclic amines) is 1. The topological polar surface area (TPSA) is 100 Å². The minimum atomic E-state index is -0.483. The van der Waals surface area contributed by atoms with Gasteiger partial charge in [0.25, 0.3) is 5.91 Å². The molecular weight excluding hydrogens is 402 g/mol. The van der Waals surface area contributed by atoms with E-state index in [4.69, 9.17) is 4.74 Å². The van der Waals surface area contributed by atoms with Crippen LogP contribution in [0.2, 0.25) is 0 Å². The largest absolute Gasteiger partial charge is 0.444 e. The summed E-state index contributed by atoms with van der Waals surface area (Å²) in [6.45, 7) is 9.51. The third kappa shape index (κ3) is 6.04. The number of H-pyrrole nitrogens is 1. The fourth-order valence-electron chi connectivity index (χ4n) is 3.41. The molecule has 2 aromatic heterocycles. The van der Waals surface area contributed by atoms with Crippen molar-refractivity contribution in [1.82, 2.24) is 25.4 Å². The molecule has 3 heterocycles. The first-order valence-electron chi connectivity index (χ1n) is 10.4. The number of amides is 2. The number of aryl methyl sites for hydroxylation is 2. The maximum Gasteiger partial charge on any atom is 0.410 e. The van der Waals surface area contributed by atoms with Gasteiger partial charge in [-0.15, -0.1) is 11.3 Å². The molecule has 30 heavy (non-hydrogen) atoms. The average Bonchev–Trinajstić information content (AvgIpc) is 3.33. The summed E-state index contributed by atoms with van der Waals surface area (Å²) in [5.74, 6) is 0.145. The van der Waals surface area contributed by atoms with Crippen LogP contribution in [-0.2, 0) is 11.2 Å². The zero-order valence-electron chi connectivity index (χ0n) is 18.2. The second-order valence-corrected chi connectivity index (χ2v) is 9.58. The molecule has 1 fully saturated rings. The molecule has 0 atom stereocenters. The molecule has 1 aliphatic rings. The van der Waals surface area contributed by atoms with Crippen molar-refractivity contribution in [2.75, 3.05) is 19.6 Å². The van der Waals surface area contributed by atoms with E-state index in [1.807, 2.05) is 39.3 Å². The molecule has 9 heteroatoms. The number of nitrogens with zero attached hydrogens (tertiary/aromatic N) is 3. The van der Waals surface area contributed by atoms with Crippen molar-refractivity contribution >= 4 is 23.3 Å². The Labute approximate surface area is 181 Å². The van der Waals surface area contributed by atoms with Gasteiger partial charge in [0.05, 0.1) is 11.2 Å². The van der Waals surface area contributed by atoms with E-state index in [9.17, 15) is 9.59 Å². The lowest BCUT2D eigenvalue weighted by atomic mass is 9.98. The monoisotopic (exact) mass is 433 g/mol. The predicted octanol–water partition coefficient (Wildman–Crippen LogP) is 3.65. The summed E-state index contributed by atoms with van der Waals surface area (Å²) in [6.07, 6.45) is 4.96. The molecule has 0 spiro atoms. The molecule has 0 bridgehead atoms. The SMILES string of the molecule is Cc1[nH]ncc1CCCNC(=O)c1csc(C2CCN(C(=O)OC(C)(C)C)CC2)n1. The molecule has 0 unspecified atom stereocenters. The van der Waals surface area contributed by atoms with Gasteiger partial charge in [0.15, 0.2) is 0 Å². The van der Waals surface area contributed by atoms with Crippen LogP contribution < -0.4 is 5.32 Å². The summed E-state index contributed by atoms with van der Waals surface area (Å²) in [7, 11) is 0. The maximum absolute atomic E-state index is 12.4. The highest BCUT2D eigenvalue weighted by Crippen LogP contribution is 2.30. The van der Waals surface area contributed by atoms with E-state index in [-0.39, 0.29) is 17.9 Å². The van der Waals surface area contributed by atoms with E-state index in [0.29, 0.717) is 25.3 Å². The summed E-state index contributed by atoms with van der Waals surface area (Å²) in [5.41, 5.74) is 2.24. The summed E-state index contributed by atoms with van der Waals surface area (Å²) in [6, 6.07) is 0. The molecule has 0 aromatic carbocycles. The van der Waals surface area contributed by atoms with Gasteiger partial charge in [0.2, 0.25) is 0 Å². The zero-order chi connectivity index (χ0) is 21.7. The van der Waals surface area contributed by atoms with Gasteiger partial charge in [-0.1, -0.05) is 0 Å². The van der Waals surface area contributed by atoms with Crippen molar-refractivity contribution in [3.8, 4) is 0 Å². The van der Waals surface area contributed by atoms with Crippen LogP contribution in [0.1, 0.15) is 72.7 Å². The van der Waals surface area contributed by atoms with E-state index < -0.39 is 5.60 Å². The Balaban J connectivity index is 1.43. The van der Waals surface area contributed by atoms with Crippen molar-refractivity contribution in [2.24, 2.45) is 0 Å². The summed E-state index contributed by atoms with van der Waals surface area (Å²) in [4.78, 5) is 30.9. The normalized spacial score (nSPS) is 15.3.